The molecule has 4 aromatic rings. The maximum atomic E-state index is 13.9. The van der Waals surface area contributed by atoms with Gasteiger partial charge in [0.05, 0.1) is 30.8 Å². The Kier molecular flexibility index (Phi) is 6.08. The van der Waals surface area contributed by atoms with Gasteiger partial charge in [0.15, 0.2) is 0 Å². The maximum absolute atomic E-state index is 13.9. The standard InChI is InChI=1S/C26H25F2N5O2/c1-31(2)16-24(18-9-19(27)12-20(28)10-18)33-4-3-17(11-25(33)34)23-15-30-26-22(23)13-21(14-29-26)32-5-7-35-8-6-32/h3-4,9-16H,5-8H2,1-2H3,(H,29,30)/b24-16-. The van der Waals surface area contributed by atoms with Crippen LogP contribution in [0.15, 0.2) is 66.0 Å². The number of benzene rings is 1. The average Bonchev–Trinajstić information content (AvgIpc) is 3.26. The first kappa shape index (κ1) is 22.8. The van der Waals surface area contributed by atoms with Gasteiger partial charge >= 0.3 is 0 Å². The molecule has 0 unspecified atom stereocenters. The highest BCUT2D eigenvalue weighted by Gasteiger charge is 2.16. The van der Waals surface area contributed by atoms with E-state index in [1.165, 1.54) is 22.8 Å². The highest BCUT2D eigenvalue weighted by Crippen LogP contribution is 2.30. The Morgan fingerprint density at radius 1 is 1.11 bits per heavy atom. The summed E-state index contributed by atoms with van der Waals surface area (Å²) in [6.07, 6.45) is 6.94. The van der Waals surface area contributed by atoms with Gasteiger partial charge in [0.25, 0.3) is 5.56 Å². The van der Waals surface area contributed by atoms with Gasteiger partial charge < -0.3 is 19.5 Å². The van der Waals surface area contributed by atoms with E-state index in [0.717, 1.165) is 41.4 Å². The van der Waals surface area contributed by atoms with Crippen LogP contribution in [0.2, 0.25) is 0 Å². The van der Waals surface area contributed by atoms with Crippen LogP contribution in [0.3, 0.4) is 0 Å². The number of aromatic nitrogens is 3. The molecule has 4 heterocycles. The Labute approximate surface area is 200 Å². The lowest BCUT2D eigenvalue weighted by Crippen LogP contribution is -2.36. The molecule has 1 N–H and O–H groups in total. The molecule has 9 heteroatoms. The van der Waals surface area contributed by atoms with E-state index in [9.17, 15) is 13.6 Å². The van der Waals surface area contributed by atoms with Gasteiger partial charge in [-0.05, 0) is 29.8 Å². The van der Waals surface area contributed by atoms with Crippen molar-refractivity contribution in [3.8, 4) is 11.1 Å². The minimum absolute atomic E-state index is 0.262. The Morgan fingerprint density at radius 3 is 2.54 bits per heavy atom. The van der Waals surface area contributed by atoms with E-state index in [1.807, 2.05) is 18.5 Å². The van der Waals surface area contributed by atoms with Gasteiger partial charge in [-0.3, -0.25) is 9.36 Å². The lowest BCUT2D eigenvalue weighted by Gasteiger charge is -2.28. The van der Waals surface area contributed by atoms with Crippen molar-refractivity contribution >= 4 is 22.4 Å². The summed E-state index contributed by atoms with van der Waals surface area (Å²) in [5.41, 5.74) is 3.59. The van der Waals surface area contributed by atoms with Crippen LogP contribution < -0.4 is 10.5 Å². The van der Waals surface area contributed by atoms with Crippen LogP contribution in [0, 0.1) is 11.6 Å². The summed E-state index contributed by atoms with van der Waals surface area (Å²) in [5.74, 6) is -1.42. The van der Waals surface area contributed by atoms with Crippen molar-refractivity contribution < 1.29 is 13.5 Å². The van der Waals surface area contributed by atoms with E-state index in [-0.39, 0.29) is 11.1 Å². The van der Waals surface area contributed by atoms with Crippen LogP contribution in [-0.2, 0) is 4.74 Å². The zero-order valence-corrected chi connectivity index (χ0v) is 19.5. The molecule has 0 aliphatic carbocycles. The van der Waals surface area contributed by atoms with E-state index in [1.54, 1.807) is 31.4 Å². The third kappa shape index (κ3) is 4.67. The first-order valence-corrected chi connectivity index (χ1v) is 11.3. The number of nitrogens with one attached hydrogen (secondary N) is 1. The molecule has 0 saturated carbocycles. The van der Waals surface area contributed by atoms with E-state index in [4.69, 9.17) is 4.74 Å². The van der Waals surface area contributed by atoms with Gasteiger partial charge in [0, 0.05) is 74.4 Å². The fourth-order valence-electron chi connectivity index (χ4n) is 4.29. The van der Waals surface area contributed by atoms with Crippen molar-refractivity contribution in [1.82, 2.24) is 19.4 Å². The van der Waals surface area contributed by atoms with Crippen LogP contribution in [0.5, 0.6) is 0 Å². The van der Waals surface area contributed by atoms with E-state index in [0.29, 0.717) is 24.5 Å². The number of nitrogens with zero attached hydrogens (tertiary/aromatic N) is 4. The molecular formula is C26H25F2N5O2. The predicted molar refractivity (Wildman–Crippen MR) is 132 cm³/mol. The molecule has 0 radical (unpaired) electrons. The number of morpholine rings is 1. The molecule has 5 rings (SSSR count). The van der Waals surface area contributed by atoms with Gasteiger partial charge in [-0.15, -0.1) is 0 Å². The van der Waals surface area contributed by atoms with Crippen molar-refractivity contribution in [3.05, 3.63) is 88.7 Å². The zero-order chi connectivity index (χ0) is 24.5. The number of H-pyrrole nitrogens is 1. The molecule has 1 saturated heterocycles. The number of anilines is 1. The monoisotopic (exact) mass is 477 g/mol. The Morgan fingerprint density at radius 2 is 1.86 bits per heavy atom. The summed E-state index contributed by atoms with van der Waals surface area (Å²) in [5, 5.41) is 0.905. The molecule has 1 fully saturated rings. The van der Waals surface area contributed by atoms with Gasteiger partial charge in [0.2, 0.25) is 0 Å². The van der Waals surface area contributed by atoms with Gasteiger partial charge in [0.1, 0.15) is 17.3 Å². The van der Waals surface area contributed by atoms with Crippen molar-refractivity contribution in [2.24, 2.45) is 0 Å². The van der Waals surface area contributed by atoms with E-state index >= 15 is 0 Å². The second-order valence-electron chi connectivity index (χ2n) is 8.65. The topological polar surface area (TPSA) is 66.4 Å². The second kappa shape index (κ2) is 9.34. The molecule has 0 spiro atoms. The Balaban J connectivity index is 1.56. The first-order chi connectivity index (χ1) is 16.9. The summed E-state index contributed by atoms with van der Waals surface area (Å²) in [6.45, 7) is 2.94. The molecule has 3 aromatic heterocycles. The average molecular weight is 478 g/mol. The largest absolute Gasteiger partial charge is 0.382 e. The summed E-state index contributed by atoms with van der Waals surface area (Å²) >= 11 is 0. The number of hydrogen-bond donors (Lipinski definition) is 1. The summed E-state index contributed by atoms with van der Waals surface area (Å²) in [7, 11) is 3.56. The fourth-order valence-corrected chi connectivity index (χ4v) is 4.29. The van der Waals surface area contributed by atoms with Crippen molar-refractivity contribution in [1.29, 1.82) is 0 Å². The van der Waals surface area contributed by atoms with E-state index in [2.05, 4.69) is 20.9 Å². The lowest BCUT2D eigenvalue weighted by atomic mass is 10.1. The number of pyridine rings is 2. The van der Waals surface area contributed by atoms with Crippen LogP contribution >= 0.6 is 0 Å². The summed E-state index contributed by atoms with van der Waals surface area (Å²) in [4.78, 5) is 24.9. The Bertz CT molecular complexity index is 1450. The predicted octanol–water partition coefficient (Wildman–Crippen LogP) is 3.91. The van der Waals surface area contributed by atoms with Crippen LogP contribution in [0.1, 0.15) is 5.56 Å². The molecule has 1 aliphatic heterocycles. The molecule has 35 heavy (non-hydrogen) atoms. The third-order valence-electron chi connectivity index (χ3n) is 5.92. The SMILES string of the molecule is CN(C)/C=C(/c1cc(F)cc(F)c1)n1ccc(-c2c[nH]c3ncc(N4CCOCC4)cc23)cc1=O. The van der Waals surface area contributed by atoms with Crippen LogP contribution in [0.25, 0.3) is 27.9 Å². The van der Waals surface area contributed by atoms with Crippen molar-refractivity contribution in [2.45, 2.75) is 0 Å². The summed E-state index contributed by atoms with van der Waals surface area (Å²) in [6, 6.07) is 8.61. The highest BCUT2D eigenvalue weighted by atomic mass is 19.1. The van der Waals surface area contributed by atoms with Gasteiger partial charge in [-0.25, -0.2) is 13.8 Å². The molecule has 180 valence electrons. The van der Waals surface area contributed by atoms with Gasteiger partial charge in [-0.1, -0.05) is 0 Å². The number of halogens is 2. The Hall–Kier alpha value is -3.98. The number of ether oxygens (including phenoxy) is 1. The molecule has 0 atom stereocenters. The molecular weight excluding hydrogens is 452 g/mol. The molecule has 1 aromatic carbocycles. The third-order valence-corrected chi connectivity index (χ3v) is 5.92. The number of hydrogen-bond acceptors (Lipinski definition) is 5. The van der Waals surface area contributed by atoms with Crippen LogP contribution in [-0.4, -0.2) is 59.8 Å². The minimum Gasteiger partial charge on any atom is -0.382 e. The van der Waals surface area contributed by atoms with Crippen molar-refractivity contribution in [2.75, 3.05) is 45.3 Å². The molecule has 0 bridgehead atoms. The quantitative estimate of drug-likeness (QED) is 0.472. The number of rotatable bonds is 5. The zero-order valence-electron chi connectivity index (χ0n) is 19.5. The first-order valence-electron chi connectivity index (χ1n) is 11.3. The number of aromatic amines is 1. The van der Waals surface area contributed by atoms with Crippen LogP contribution in [0.4, 0.5) is 14.5 Å². The fraction of sp³-hybridized carbons (Fsp3) is 0.231. The highest BCUT2D eigenvalue weighted by molar-refractivity contribution is 5.95. The smallest absolute Gasteiger partial charge is 0.255 e. The normalized spacial score (nSPS) is 14.5. The molecule has 7 nitrogen and oxygen atoms in total. The summed E-state index contributed by atoms with van der Waals surface area (Å²) < 4.78 is 34.7. The lowest BCUT2D eigenvalue weighted by molar-refractivity contribution is 0.122. The molecule has 1 aliphatic rings. The molecule has 0 amide bonds. The maximum Gasteiger partial charge on any atom is 0.255 e. The minimum atomic E-state index is -0.711. The van der Waals surface area contributed by atoms with Crippen molar-refractivity contribution in [3.63, 3.8) is 0 Å². The second-order valence-corrected chi connectivity index (χ2v) is 8.65. The van der Waals surface area contributed by atoms with Gasteiger partial charge in [-0.2, -0.15) is 0 Å². The number of fused-ring (bicyclic) bond motifs is 1. The van der Waals surface area contributed by atoms with E-state index < -0.39 is 11.6 Å².